The summed E-state index contributed by atoms with van der Waals surface area (Å²) in [5.74, 6) is -0.0995. The van der Waals surface area contributed by atoms with Crippen molar-refractivity contribution in [2.45, 2.75) is 39.7 Å². The largest absolute Gasteiger partial charge is 0.507 e. The molecule has 1 N–H and O–H groups in total. The quantitative estimate of drug-likeness (QED) is 0.214. The second kappa shape index (κ2) is 11.4. The van der Waals surface area contributed by atoms with Gasteiger partial charge in [-0.3, -0.25) is 14.5 Å². The van der Waals surface area contributed by atoms with Gasteiger partial charge >= 0.3 is 0 Å². The van der Waals surface area contributed by atoms with E-state index in [0.29, 0.717) is 40.7 Å². The van der Waals surface area contributed by atoms with Crippen molar-refractivity contribution in [2.75, 3.05) is 25.7 Å². The molecule has 1 aliphatic rings. The molecule has 0 spiro atoms. The first-order chi connectivity index (χ1) is 18.3. The molecule has 4 rings (SSSR count). The first-order valence-electron chi connectivity index (χ1n) is 12.7. The molecular formula is C31H33NO6. The highest BCUT2D eigenvalue weighted by molar-refractivity contribution is 6.51. The molecule has 0 aliphatic carbocycles. The first kappa shape index (κ1) is 26.8. The van der Waals surface area contributed by atoms with E-state index >= 15 is 0 Å². The molecule has 7 nitrogen and oxygen atoms in total. The van der Waals surface area contributed by atoms with Crippen molar-refractivity contribution >= 4 is 23.1 Å². The number of aliphatic hydroxyl groups is 1. The Bertz CT molecular complexity index is 1350. The zero-order chi connectivity index (χ0) is 27.4. The number of anilines is 1. The number of nitrogens with zero attached hydrogens (tertiary/aromatic N) is 1. The van der Waals surface area contributed by atoms with Gasteiger partial charge in [0.2, 0.25) is 0 Å². The van der Waals surface area contributed by atoms with Crippen molar-refractivity contribution < 1.29 is 28.9 Å². The van der Waals surface area contributed by atoms with Crippen LogP contribution in [0.1, 0.15) is 48.6 Å². The number of carbonyl (C=O) groups is 2. The van der Waals surface area contributed by atoms with Gasteiger partial charge in [0.05, 0.1) is 38.1 Å². The fraction of sp³-hybridized carbons (Fsp3) is 0.290. The van der Waals surface area contributed by atoms with Crippen molar-refractivity contribution in [3.63, 3.8) is 0 Å². The maximum atomic E-state index is 13.5. The summed E-state index contributed by atoms with van der Waals surface area (Å²) >= 11 is 0. The molecule has 7 heteroatoms. The molecule has 1 saturated heterocycles. The number of aryl methyl sites for hydroxylation is 2. The number of benzene rings is 3. The number of amides is 1. The fourth-order valence-corrected chi connectivity index (χ4v) is 4.61. The number of aliphatic hydroxyl groups excluding tert-OH is 1. The van der Waals surface area contributed by atoms with Crippen molar-refractivity contribution in [3.8, 4) is 17.2 Å². The minimum Gasteiger partial charge on any atom is -0.507 e. The number of methoxy groups -OCH3 is 2. The minimum absolute atomic E-state index is 0.0164. The summed E-state index contributed by atoms with van der Waals surface area (Å²) in [6.45, 7) is 6.54. The molecule has 1 heterocycles. The van der Waals surface area contributed by atoms with E-state index in [-0.39, 0.29) is 11.3 Å². The average molecular weight is 516 g/mol. The van der Waals surface area contributed by atoms with Crippen LogP contribution in [0.4, 0.5) is 5.69 Å². The fourth-order valence-electron chi connectivity index (χ4n) is 4.61. The predicted molar refractivity (Wildman–Crippen MR) is 147 cm³/mol. The summed E-state index contributed by atoms with van der Waals surface area (Å²) in [6.07, 6.45) is 1.72. The van der Waals surface area contributed by atoms with E-state index in [0.717, 1.165) is 24.0 Å². The van der Waals surface area contributed by atoms with Crippen LogP contribution in [0.3, 0.4) is 0 Å². The van der Waals surface area contributed by atoms with Gasteiger partial charge in [0.1, 0.15) is 23.0 Å². The Hall–Kier alpha value is -4.26. The topological polar surface area (TPSA) is 85.3 Å². The molecule has 0 aromatic heterocycles. The van der Waals surface area contributed by atoms with Crippen LogP contribution in [0, 0.1) is 6.92 Å². The van der Waals surface area contributed by atoms with Gasteiger partial charge in [-0.1, -0.05) is 38.1 Å². The van der Waals surface area contributed by atoms with Crippen LogP contribution in [0.5, 0.6) is 17.2 Å². The second-order valence-electron chi connectivity index (χ2n) is 9.16. The Morgan fingerprint density at radius 3 is 2.13 bits per heavy atom. The van der Waals surface area contributed by atoms with Gasteiger partial charge in [0, 0.05) is 23.8 Å². The van der Waals surface area contributed by atoms with Crippen LogP contribution in [-0.4, -0.2) is 37.6 Å². The van der Waals surface area contributed by atoms with E-state index in [2.05, 4.69) is 6.92 Å². The Morgan fingerprint density at radius 1 is 0.921 bits per heavy atom. The molecule has 0 bridgehead atoms. The number of hydrogen-bond donors (Lipinski definition) is 1. The number of ketones is 1. The summed E-state index contributed by atoms with van der Waals surface area (Å²) in [4.78, 5) is 28.4. The van der Waals surface area contributed by atoms with Gasteiger partial charge in [-0.25, -0.2) is 0 Å². The van der Waals surface area contributed by atoms with Crippen molar-refractivity contribution in [1.29, 1.82) is 0 Å². The normalized spacial score (nSPS) is 16.6. The number of hydrogen-bond acceptors (Lipinski definition) is 6. The van der Waals surface area contributed by atoms with Gasteiger partial charge in [-0.15, -0.1) is 0 Å². The highest BCUT2D eigenvalue weighted by Crippen LogP contribution is 2.44. The predicted octanol–water partition coefficient (Wildman–Crippen LogP) is 5.99. The first-order valence-corrected chi connectivity index (χ1v) is 12.7. The van der Waals surface area contributed by atoms with E-state index in [1.165, 1.54) is 19.1 Å². The lowest BCUT2D eigenvalue weighted by molar-refractivity contribution is -0.132. The molecule has 1 amide bonds. The monoisotopic (exact) mass is 515 g/mol. The van der Waals surface area contributed by atoms with Crippen molar-refractivity contribution in [3.05, 3.63) is 88.5 Å². The standard InChI is InChI=1S/C31H33NO6/c1-6-14-38-26-13-12-22(15-19(26)3)29(33)27-28(21-10-8-20(7-2)9-11-21)32(31(35)30(27)34)23-16-24(36-4)18-25(17-23)37-5/h8-13,15-18,28,33H,6-7,14H2,1-5H3/b29-27+. The molecule has 1 unspecified atom stereocenters. The van der Waals surface area contributed by atoms with Crippen LogP contribution in [0.2, 0.25) is 0 Å². The lowest BCUT2D eigenvalue weighted by Crippen LogP contribution is -2.29. The van der Waals surface area contributed by atoms with Crippen LogP contribution in [0.25, 0.3) is 5.76 Å². The number of Topliss-reactive ketones (excluding diaryl/α,β-unsaturated/α-hetero) is 1. The van der Waals surface area contributed by atoms with Gasteiger partial charge in [0.15, 0.2) is 0 Å². The summed E-state index contributed by atoms with van der Waals surface area (Å²) in [5.41, 5.74) is 3.51. The van der Waals surface area contributed by atoms with Crippen LogP contribution >= 0.6 is 0 Å². The molecule has 1 fully saturated rings. The van der Waals surface area contributed by atoms with E-state index in [1.54, 1.807) is 36.4 Å². The Balaban J connectivity index is 1.90. The van der Waals surface area contributed by atoms with Gasteiger partial charge in [0.25, 0.3) is 11.7 Å². The Kier molecular flexibility index (Phi) is 8.05. The number of carbonyl (C=O) groups excluding carboxylic acids is 2. The number of ether oxygens (including phenoxy) is 3. The van der Waals surface area contributed by atoms with Crippen molar-refractivity contribution in [2.24, 2.45) is 0 Å². The molecule has 3 aromatic carbocycles. The minimum atomic E-state index is -0.853. The van der Waals surface area contributed by atoms with Crippen LogP contribution in [-0.2, 0) is 16.0 Å². The van der Waals surface area contributed by atoms with Crippen molar-refractivity contribution in [1.82, 2.24) is 0 Å². The molecule has 0 radical (unpaired) electrons. The summed E-state index contributed by atoms with van der Waals surface area (Å²) in [6, 6.07) is 17.1. The maximum Gasteiger partial charge on any atom is 0.300 e. The van der Waals surface area contributed by atoms with Gasteiger partial charge in [-0.05, 0) is 54.7 Å². The molecule has 198 valence electrons. The SMILES string of the molecule is CCCOc1ccc(/C(O)=C2\C(=O)C(=O)N(c3cc(OC)cc(OC)c3)C2c2ccc(CC)cc2)cc1C. The highest BCUT2D eigenvalue weighted by Gasteiger charge is 2.47. The van der Waals surface area contributed by atoms with E-state index < -0.39 is 17.7 Å². The zero-order valence-electron chi connectivity index (χ0n) is 22.4. The number of rotatable bonds is 9. The zero-order valence-corrected chi connectivity index (χ0v) is 22.4. The molecule has 38 heavy (non-hydrogen) atoms. The lowest BCUT2D eigenvalue weighted by Gasteiger charge is -2.26. The third-order valence-electron chi connectivity index (χ3n) is 6.67. The van der Waals surface area contributed by atoms with E-state index in [9.17, 15) is 14.7 Å². The van der Waals surface area contributed by atoms with Crippen LogP contribution in [0.15, 0.2) is 66.2 Å². The molecular weight excluding hydrogens is 482 g/mol. The smallest absolute Gasteiger partial charge is 0.300 e. The molecule has 1 aliphatic heterocycles. The summed E-state index contributed by atoms with van der Waals surface area (Å²) in [5, 5.41) is 11.5. The summed E-state index contributed by atoms with van der Waals surface area (Å²) in [7, 11) is 3.04. The molecule has 3 aromatic rings. The average Bonchev–Trinajstić information content (AvgIpc) is 3.21. The highest BCUT2D eigenvalue weighted by atomic mass is 16.5. The molecule has 1 atom stereocenters. The Labute approximate surface area is 223 Å². The summed E-state index contributed by atoms with van der Waals surface area (Å²) < 4.78 is 16.6. The van der Waals surface area contributed by atoms with Gasteiger partial charge in [-0.2, -0.15) is 0 Å². The maximum absolute atomic E-state index is 13.5. The van der Waals surface area contributed by atoms with E-state index in [1.807, 2.05) is 38.1 Å². The van der Waals surface area contributed by atoms with Gasteiger partial charge < -0.3 is 19.3 Å². The van der Waals surface area contributed by atoms with E-state index in [4.69, 9.17) is 14.2 Å². The van der Waals surface area contributed by atoms with Crippen LogP contribution < -0.4 is 19.1 Å². The third-order valence-corrected chi connectivity index (χ3v) is 6.67. The lowest BCUT2D eigenvalue weighted by atomic mass is 9.93. The second-order valence-corrected chi connectivity index (χ2v) is 9.16. The Morgan fingerprint density at radius 2 is 1.58 bits per heavy atom. The molecule has 0 saturated carbocycles. The third kappa shape index (κ3) is 5.09.